The highest BCUT2D eigenvalue weighted by atomic mass is 32.2. The Morgan fingerprint density at radius 2 is 1.71 bits per heavy atom. The molecule has 3 aromatic rings. The highest BCUT2D eigenvalue weighted by molar-refractivity contribution is 7.89. The van der Waals surface area contributed by atoms with E-state index in [9.17, 15) is 22.7 Å². The van der Waals surface area contributed by atoms with Gasteiger partial charge in [0.2, 0.25) is 16.0 Å². The van der Waals surface area contributed by atoms with Gasteiger partial charge in [0.05, 0.1) is 24.2 Å². The molecule has 0 unspecified atom stereocenters. The van der Waals surface area contributed by atoms with Crippen LogP contribution in [0.2, 0.25) is 0 Å². The molecule has 0 atom stereocenters. The summed E-state index contributed by atoms with van der Waals surface area (Å²) in [6, 6.07) is 12.3. The molecule has 0 bridgehead atoms. The van der Waals surface area contributed by atoms with Gasteiger partial charge >= 0.3 is 0 Å². The van der Waals surface area contributed by atoms with Gasteiger partial charge in [0.1, 0.15) is 17.2 Å². The van der Waals surface area contributed by atoms with E-state index < -0.39 is 15.9 Å². The van der Waals surface area contributed by atoms with E-state index in [2.05, 4.69) is 25.9 Å². The molecule has 1 amide bonds. The fourth-order valence-corrected chi connectivity index (χ4v) is 6.38. The van der Waals surface area contributed by atoms with Crippen molar-refractivity contribution in [2.45, 2.75) is 49.1 Å². The van der Waals surface area contributed by atoms with Crippen molar-refractivity contribution in [1.82, 2.24) is 14.3 Å². The number of ether oxygens (including phenoxy) is 1. The van der Waals surface area contributed by atoms with Crippen LogP contribution in [-0.2, 0) is 21.2 Å². The van der Waals surface area contributed by atoms with Crippen LogP contribution in [0.4, 0.5) is 21.8 Å². The smallest absolute Gasteiger partial charge is 0.260 e. The van der Waals surface area contributed by atoms with Gasteiger partial charge in [0, 0.05) is 37.6 Å². The summed E-state index contributed by atoms with van der Waals surface area (Å²) in [5.74, 6) is -0.0387. The lowest BCUT2D eigenvalue weighted by molar-refractivity contribution is 0.0730. The maximum atomic E-state index is 13.3. The third-order valence-electron chi connectivity index (χ3n) is 7.40. The molecule has 42 heavy (non-hydrogen) atoms. The first kappa shape index (κ1) is 29.8. The van der Waals surface area contributed by atoms with Crippen LogP contribution in [0.15, 0.2) is 59.6 Å². The maximum Gasteiger partial charge on any atom is 0.260 e. The third kappa shape index (κ3) is 7.59. The molecule has 5 rings (SSSR count). The quantitative estimate of drug-likeness (QED) is 0.276. The molecule has 1 aliphatic carbocycles. The van der Waals surface area contributed by atoms with Crippen LogP contribution in [0.5, 0.6) is 0 Å². The number of benzene rings is 2. The van der Waals surface area contributed by atoms with Gasteiger partial charge in [-0.2, -0.15) is 9.29 Å². The van der Waals surface area contributed by atoms with Gasteiger partial charge in [-0.1, -0.05) is 12.1 Å². The molecule has 4 N–H and O–H groups in total. The predicted molar refractivity (Wildman–Crippen MR) is 156 cm³/mol. The Hall–Kier alpha value is -3.65. The Balaban J connectivity index is 1.28. The summed E-state index contributed by atoms with van der Waals surface area (Å²) in [4.78, 5) is 22.4. The summed E-state index contributed by atoms with van der Waals surface area (Å²) < 4.78 is 45.7. The van der Waals surface area contributed by atoms with E-state index in [0.717, 1.165) is 18.4 Å². The van der Waals surface area contributed by atoms with Crippen molar-refractivity contribution in [2.75, 3.05) is 48.8 Å². The Morgan fingerprint density at radius 3 is 2.40 bits per heavy atom. The van der Waals surface area contributed by atoms with Crippen LogP contribution in [0.1, 0.15) is 41.6 Å². The van der Waals surface area contributed by atoms with Gasteiger partial charge in [0.15, 0.2) is 0 Å². The van der Waals surface area contributed by atoms with Crippen molar-refractivity contribution in [1.29, 1.82) is 0 Å². The highest BCUT2D eigenvalue weighted by Gasteiger charge is 2.27. The highest BCUT2D eigenvalue weighted by Crippen LogP contribution is 2.25. The van der Waals surface area contributed by atoms with E-state index in [4.69, 9.17) is 4.74 Å². The summed E-state index contributed by atoms with van der Waals surface area (Å²) in [6.45, 7) is 1.82. The summed E-state index contributed by atoms with van der Waals surface area (Å²) >= 11 is 0. The fraction of sp³-hybridized carbons (Fsp3) is 0.414. The van der Waals surface area contributed by atoms with Crippen LogP contribution in [0.25, 0.3) is 0 Å². The Bertz CT molecular complexity index is 1460. The Kier molecular flexibility index (Phi) is 9.62. The van der Waals surface area contributed by atoms with Crippen LogP contribution in [-0.4, -0.2) is 78.7 Å². The summed E-state index contributed by atoms with van der Waals surface area (Å²) in [5.41, 5.74) is 1.62. The van der Waals surface area contributed by atoms with Crippen LogP contribution in [0.3, 0.4) is 0 Å². The second-order valence-electron chi connectivity index (χ2n) is 10.4. The fourth-order valence-electron chi connectivity index (χ4n) is 4.97. The zero-order valence-corrected chi connectivity index (χ0v) is 23.9. The molecule has 0 spiro atoms. The number of hydrogen-bond donors (Lipinski definition) is 4. The van der Waals surface area contributed by atoms with Gasteiger partial charge in [-0.05, 0) is 74.1 Å². The van der Waals surface area contributed by atoms with E-state index in [1.807, 2.05) is 0 Å². The normalized spacial score (nSPS) is 19.7. The molecule has 2 heterocycles. The lowest BCUT2D eigenvalue weighted by Gasteiger charge is -2.27. The number of nitrogens with zero attached hydrogens (tertiary/aromatic N) is 3. The zero-order valence-electron chi connectivity index (χ0n) is 23.1. The number of carbonyl (C=O) groups excluding carboxylic acids is 1. The number of nitrogens with one attached hydrogen (secondary N) is 3. The molecule has 0 radical (unpaired) electrons. The number of amides is 1. The number of hydrogen-bond acceptors (Lipinski definition) is 9. The first-order valence-corrected chi connectivity index (χ1v) is 15.5. The molecular weight excluding hydrogens is 563 g/mol. The third-order valence-corrected chi connectivity index (χ3v) is 9.31. The van der Waals surface area contributed by atoms with Gasteiger partial charge < -0.3 is 25.8 Å². The van der Waals surface area contributed by atoms with E-state index in [-0.39, 0.29) is 28.4 Å². The molecule has 13 heteroatoms. The van der Waals surface area contributed by atoms with Crippen LogP contribution in [0, 0.1) is 5.82 Å². The van der Waals surface area contributed by atoms with Gasteiger partial charge in [-0.3, -0.25) is 4.79 Å². The minimum absolute atomic E-state index is 0.0339. The molecule has 1 aromatic heterocycles. The van der Waals surface area contributed by atoms with Crippen molar-refractivity contribution < 1.29 is 27.4 Å². The molecule has 1 saturated heterocycles. The van der Waals surface area contributed by atoms with E-state index in [0.29, 0.717) is 69.6 Å². The number of morpholine rings is 1. The molecule has 2 aliphatic rings. The number of sulfonamides is 1. The lowest BCUT2D eigenvalue weighted by atomic mass is 9.93. The van der Waals surface area contributed by atoms with Gasteiger partial charge in [-0.25, -0.2) is 17.8 Å². The average Bonchev–Trinajstić information content (AvgIpc) is 3.00. The van der Waals surface area contributed by atoms with Gasteiger partial charge in [0.25, 0.3) is 5.91 Å². The van der Waals surface area contributed by atoms with E-state index in [1.165, 1.54) is 34.8 Å². The van der Waals surface area contributed by atoms with E-state index in [1.54, 1.807) is 24.3 Å². The van der Waals surface area contributed by atoms with E-state index >= 15 is 0 Å². The molecule has 1 aliphatic heterocycles. The minimum atomic E-state index is -3.65. The van der Waals surface area contributed by atoms with Crippen molar-refractivity contribution >= 4 is 33.4 Å². The first-order valence-electron chi connectivity index (χ1n) is 14.1. The minimum Gasteiger partial charge on any atom is -0.393 e. The molecule has 11 nitrogen and oxygen atoms in total. The molecule has 2 aromatic carbocycles. The summed E-state index contributed by atoms with van der Waals surface area (Å²) in [5, 5.41) is 19.2. The molecular formula is C29H35FN6O5S. The van der Waals surface area contributed by atoms with Crippen LogP contribution >= 0.6 is 0 Å². The number of rotatable bonds is 10. The number of aliphatic hydroxyl groups is 1. The number of carbonyl (C=O) groups is 1. The Morgan fingerprint density at radius 1 is 1.02 bits per heavy atom. The zero-order chi connectivity index (χ0) is 29.5. The molecule has 224 valence electrons. The summed E-state index contributed by atoms with van der Waals surface area (Å²) in [7, 11) is -3.65. The lowest BCUT2D eigenvalue weighted by Crippen LogP contribution is -2.40. The van der Waals surface area contributed by atoms with Crippen molar-refractivity contribution in [3.63, 3.8) is 0 Å². The maximum absolute atomic E-state index is 13.3. The summed E-state index contributed by atoms with van der Waals surface area (Å²) in [6.07, 6.45) is 4.54. The molecule has 2 fully saturated rings. The predicted octanol–water partition coefficient (Wildman–Crippen LogP) is 3.26. The molecule has 1 saturated carbocycles. The average molecular weight is 599 g/mol. The van der Waals surface area contributed by atoms with Crippen molar-refractivity contribution in [3.8, 4) is 0 Å². The monoisotopic (exact) mass is 598 g/mol. The number of halogens is 1. The van der Waals surface area contributed by atoms with Crippen molar-refractivity contribution in [3.05, 3.63) is 71.7 Å². The van der Waals surface area contributed by atoms with Gasteiger partial charge in [-0.15, -0.1) is 0 Å². The number of aromatic nitrogens is 2. The first-order chi connectivity index (χ1) is 20.3. The topological polar surface area (TPSA) is 146 Å². The standard InChI is InChI=1S/C29H35FN6O5S/c30-21-3-1-20(2-4-21)13-14-31-29-32-19-26(27(35-29)33-22-5-9-24(37)10-6-22)28(38)34-23-7-11-25(12-8-23)42(39,40)36-15-17-41-18-16-36/h1-4,7-8,11-12,19,22,24,37H,5-6,9-10,13-18H2,(H,34,38)(H2,31,32,33,35)/t22-,24-. The second-order valence-corrected chi connectivity index (χ2v) is 12.3. The SMILES string of the molecule is O=C(Nc1ccc(S(=O)(=O)N2CCOCC2)cc1)c1cnc(NCCc2ccc(F)cc2)nc1N[C@H]1CC[C@H](O)CC1. The Labute approximate surface area is 244 Å². The second kappa shape index (κ2) is 13.6. The number of anilines is 3. The van der Waals surface area contributed by atoms with Crippen molar-refractivity contribution in [2.24, 2.45) is 0 Å². The van der Waals surface area contributed by atoms with Crippen LogP contribution < -0.4 is 16.0 Å². The number of aliphatic hydroxyl groups excluding tert-OH is 1. The largest absolute Gasteiger partial charge is 0.393 e.